The summed E-state index contributed by atoms with van der Waals surface area (Å²) in [7, 11) is 0. The summed E-state index contributed by atoms with van der Waals surface area (Å²) in [5.41, 5.74) is 8.40. The van der Waals surface area contributed by atoms with Crippen molar-refractivity contribution in [1.82, 2.24) is 0 Å². The van der Waals surface area contributed by atoms with Crippen molar-refractivity contribution in [2.45, 2.75) is 86.8 Å². The second kappa shape index (κ2) is 8.07. The minimum absolute atomic E-state index is 0. The van der Waals surface area contributed by atoms with E-state index in [1.165, 1.54) is 36.6 Å². The van der Waals surface area contributed by atoms with Gasteiger partial charge in [0.05, 0.1) is 0 Å². The summed E-state index contributed by atoms with van der Waals surface area (Å²) in [6, 6.07) is 0. The Kier molecular flexibility index (Phi) is 8.75. The van der Waals surface area contributed by atoms with Crippen LogP contribution in [0.2, 0.25) is 21.1 Å². The van der Waals surface area contributed by atoms with Gasteiger partial charge in [-0.15, -0.1) is 0 Å². The molecule has 2 fully saturated rings. The Morgan fingerprint density at radius 1 is 0.889 bits per heavy atom. The minimum Gasteiger partial charge on any atom is 0 e. The quantitative estimate of drug-likeness (QED) is 0.455. The van der Waals surface area contributed by atoms with E-state index in [9.17, 15) is 0 Å². The molecule has 1 atom stereocenters. The molecule has 0 aliphatic heterocycles. The zero-order valence-electron chi connectivity index (χ0n) is 13.8. The predicted molar refractivity (Wildman–Crippen MR) is 76.6 cm³/mol. The maximum Gasteiger partial charge on any atom is 0 e. The molecular weight excluding hydrogens is 349 g/mol. The summed E-state index contributed by atoms with van der Waals surface area (Å²) in [5.74, 6) is 0.961. The van der Waals surface area contributed by atoms with E-state index in [-0.39, 0.29) is 26.2 Å². The SMILES string of the molecule is CC1CCCC1(C)C.[CH3][Zn]([CH3])([CH3])[CH]1CCCC1.[Zr]. The van der Waals surface area contributed by atoms with Crippen molar-refractivity contribution in [3.8, 4) is 0 Å². The molecule has 0 aromatic carbocycles. The van der Waals surface area contributed by atoms with E-state index in [0.717, 1.165) is 5.92 Å². The number of rotatable bonds is 1. The Labute approximate surface area is 138 Å². The zero-order valence-corrected chi connectivity index (χ0v) is 19.2. The molecule has 0 spiro atoms. The van der Waals surface area contributed by atoms with Gasteiger partial charge in [0.15, 0.2) is 0 Å². The molecule has 0 aromatic heterocycles. The second-order valence-electron chi connectivity index (χ2n) is 9.28. The third-order valence-electron chi connectivity index (χ3n) is 6.00. The fraction of sp³-hybridized carbons (Fsp3) is 1.00. The summed E-state index contributed by atoms with van der Waals surface area (Å²) >= 11 is -1.47. The molecule has 0 heterocycles. The van der Waals surface area contributed by atoms with Crippen LogP contribution in [0.15, 0.2) is 0 Å². The van der Waals surface area contributed by atoms with Gasteiger partial charge in [-0.1, -0.05) is 33.6 Å². The van der Waals surface area contributed by atoms with Gasteiger partial charge in [0.25, 0.3) is 0 Å². The van der Waals surface area contributed by atoms with Crippen LogP contribution in [-0.4, -0.2) is 0 Å². The van der Waals surface area contributed by atoms with Crippen LogP contribution in [-0.2, 0) is 41.0 Å². The van der Waals surface area contributed by atoms with Crippen molar-refractivity contribution in [2.24, 2.45) is 11.3 Å². The van der Waals surface area contributed by atoms with E-state index in [1.54, 1.807) is 12.8 Å². The molecule has 2 heteroatoms. The minimum atomic E-state index is -1.47. The average molecular weight is 383 g/mol. The summed E-state index contributed by atoms with van der Waals surface area (Å²) in [6.45, 7) is 7.13. The van der Waals surface area contributed by atoms with Crippen LogP contribution in [0.25, 0.3) is 0 Å². The molecule has 0 amide bonds. The van der Waals surface area contributed by atoms with Gasteiger partial charge in [-0.3, -0.25) is 0 Å². The van der Waals surface area contributed by atoms with Crippen LogP contribution in [0.1, 0.15) is 65.7 Å². The Hall–Kier alpha value is 1.51. The first-order valence-electron chi connectivity index (χ1n) is 8.47. The van der Waals surface area contributed by atoms with Gasteiger partial charge in [0.1, 0.15) is 0 Å². The van der Waals surface area contributed by atoms with Crippen molar-refractivity contribution < 1.29 is 41.0 Å². The summed E-state index contributed by atoms with van der Waals surface area (Å²) in [6.07, 6.45) is 10.5. The average Bonchev–Trinajstić information content (AvgIpc) is 2.77. The van der Waals surface area contributed by atoms with Gasteiger partial charge in [-0.25, -0.2) is 0 Å². The molecule has 0 saturated heterocycles. The van der Waals surface area contributed by atoms with Crippen molar-refractivity contribution in [1.29, 1.82) is 0 Å². The molecule has 0 nitrogen and oxygen atoms in total. The van der Waals surface area contributed by atoms with Gasteiger partial charge in [-0.05, 0) is 17.8 Å². The summed E-state index contributed by atoms with van der Waals surface area (Å²) in [4.78, 5) is 0. The van der Waals surface area contributed by atoms with Crippen molar-refractivity contribution in [3.05, 3.63) is 0 Å². The molecule has 2 rings (SSSR count). The molecule has 2 aliphatic carbocycles. The fourth-order valence-electron chi connectivity index (χ4n) is 3.74. The molecule has 0 N–H and O–H groups in total. The zero-order chi connectivity index (χ0) is 13.1. The maximum absolute atomic E-state index is 2.58. The van der Waals surface area contributed by atoms with E-state index in [2.05, 4.69) is 37.3 Å². The van der Waals surface area contributed by atoms with Crippen molar-refractivity contribution in [2.75, 3.05) is 0 Å². The molecule has 2 aliphatic rings. The van der Waals surface area contributed by atoms with Gasteiger partial charge < -0.3 is 0 Å². The topological polar surface area (TPSA) is 0 Å². The Morgan fingerprint density at radius 2 is 1.39 bits per heavy atom. The normalized spacial score (nSPS) is 26.4. The molecule has 0 aromatic rings. The van der Waals surface area contributed by atoms with Crippen LogP contribution >= 0.6 is 0 Å². The first-order chi connectivity index (χ1) is 7.73. The number of hydrogen-bond donors (Lipinski definition) is 0. The molecular formula is C16H34ZnZr. The second-order valence-corrected chi connectivity index (χ2v) is 25.7. The van der Waals surface area contributed by atoms with Crippen molar-refractivity contribution >= 4 is 0 Å². The van der Waals surface area contributed by atoms with Gasteiger partial charge in [0, 0.05) is 26.2 Å². The van der Waals surface area contributed by atoms with E-state index in [0.29, 0.717) is 5.41 Å². The van der Waals surface area contributed by atoms with Crippen LogP contribution < -0.4 is 0 Å². The number of hydrogen-bond acceptors (Lipinski definition) is 0. The van der Waals surface area contributed by atoms with Gasteiger partial charge >= 0.3 is 61.5 Å². The van der Waals surface area contributed by atoms with E-state index < -0.39 is 14.8 Å². The van der Waals surface area contributed by atoms with Crippen LogP contribution in [0.5, 0.6) is 0 Å². The Morgan fingerprint density at radius 3 is 1.56 bits per heavy atom. The molecule has 0 radical (unpaired) electrons. The summed E-state index contributed by atoms with van der Waals surface area (Å²) < 4.78 is 1.23. The van der Waals surface area contributed by atoms with Gasteiger partial charge in [-0.2, -0.15) is 0 Å². The molecule has 1 unspecified atom stereocenters. The van der Waals surface area contributed by atoms with Crippen LogP contribution in [0, 0.1) is 11.3 Å². The third kappa shape index (κ3) is 6.30. The van der Waals surface area contributed by atoms with Crippen molar-refractivity contribution in [3.63, 3.8) is 0 Å². The Balaban J connectivity index is 0.000000306. The molecule has 2 saturated carbocycles. The monoisotopic (exact) mass is 380 g/mol. The largest absolute Gasteiger partial charge is 0 e. The van der Waals surface area contributed by atoms with E-state index >= 15 is 0 Å². The van der Waals surface area contributed by atoms with Crippen LogP contribution in [0.3, 0.4) is 0 Å². The standard InChI is InChI=1S/C8H16.C5H9.3CH3.Zn.Zr/c1-7-5-4-6-8(7,2)3;1-2-4-5-3-1;;;;;/h7H,4-6H2,1-3H3;1H,2-5H2;3*1H3;;. The summed E-state index contributed by atoms with van der Waals surface area (Å²) in [5, 5.41) is 0. The third-order valence-corrected chi connectivity index (χ3v) is 15.0. The smallest absolute Gasteiger partial charge is 0 e. The van der Waals surface area contributed by atoms with E-state index in [1.807, 2.05) is 0 Å². The van der Waals surface area contributed by atoms with Crippen LogP contribution in [0.4, 0.5) is 0 Å². The molecule has 104 valence electrons. The maximum atomic E-state index is 2.58. The van der Waals surface area contributed by atoms with E-state index in [4.69, 9.17) is 0 Å². The Bertz CT molecular complexity index is 224. The van der Waals surface area contributed by atoms with Gasteiger partial charge in [0.2, 0.25) is 0 Å². The first kappa shape index (κ1) is 19.5. The molecule has 0 bridgehead atoms. The predicted octanol–water partition coefficient (Wildman–Crippen LogP) is 6.48. The fourth-order valence-corrected chi connectivity index (χ4v) is 10.1. The first-order valence-corrected chi connectivity index (χ1v) is 19.1. The molecule has 18 heavy (non-hydrogen) atoms.